The summed E-state index contributed by atoms with van der Waals surface area (Å²) in [5.41, 5.74) is 2.50. The van der Waals surface area contributed by atoms with Crippen LogP contribution in [0.15, 0.2) is 95.5 Å². The lowest BCUT2D eigenvalue weighted by molar-refractivity contribution is -0.244. The van der Waals surface area contributed by atoms with Gasteiger partial charge in [0.2, 0.25) is 0 Å². The zero-order valence-electron chi connectivity index (χ0n) is 21.3. The Hall–Kier alpha value is -3.85. The van der Waals surface area contributed by atoms with E-state index in [-0.39, 0.29) is 23.0 Å². The van der Waals surface area contributed by atoms with E-state index >= 15 is 0 Å². The van der Waals surface area contributed by atoms with Crippen molar-refractivity contribution in [2.75, 3.05) is 4.72 Å². The number of aliphatic hydroxyl groups excluding tert-OH is 1. The van der Waals surface area contributed by atoms with Crippen LogP contribution in [0.5, 0.6) is 0 Å². The number of aryl methyl sites for hydroxylation is 2. The van der Waals surface area contributed by atoms with Crippen molar-refractivity contribution in [3.05, 3.63) is 102 Å². The fourth-order valence-corrected chi connectivity index (χ4v) is 5.45. The number of hydrogen-bond acceptors (Lipinski definition) is 7. The van der Waals surface area contributed by atoms with E-state index in [9.17, 15) is 18.3 Å². The summed E-state index contributed by atoms with van der Waals surface area (Å²) in [5, 5.41) is 10.6. The van der Waals surface area contributed by atoms with Crippen LogP contribution in [0.25, 0.3) is 0 Å². The van der Waals surface area contributed by atoms with Crippen molar-refractivity contribution < 1.29 is 27.8 Å². The van der Waals surface area contributed by atoms with Gasteiger partial charge >= 0.3 is 5.97 Å². The maximum atomic E-state index is 12.9. The standard InChI is InChI=1S/C29H32N2O6S/c1-2-18-29(19-17-22-10-4-3-5-11-22)36-27(32)25(28(33)37-29)15-9-13-23-12-8-14-24(21-23)31-38(34,35)26-16-6-7-20-30-26/h3-8,10-12,14,16,20-21,31-32H,2,9,13,15,17-19H2,1H3. The van der Waals surface area contributed by atoms with Gasteiger partial charge in [0.1, 0.15) is 5.57 Å². The number of nitrogens with zero attached hydrogens (tertiary/aromatic N) is 1. The van der Waals surface area contributed by atoms with E-state index in [0.29, 0.717) is 37.8 Å². The molecule has 0 aliphatic carbocycles. The molecule has 1 aliphatic heterocycles. The highest BCUT2D eigenvalue weighted by molar-refractivity contribution is 7.92. The second-order valence-corrected chi connectivity index (χ2v) is 10.9. The molecule has 8 nitrogen and oxygen atoms in total. The Morgan fingerprint density at radius 2 is 1.66 bits per heavy atom. The molecule has 9 heteroatoms. The number of benzene rings is 2. The summed E-state index contributed by atoms with van der Waals surface area (Å²) < 4.78 is 39.3. The number of carbonyl (C=O) groups is 1. The molecule has 0 amide bonds. The Morgan fingerprint density at radius 3 is 2.37 bits per heavy atom. The van der Waals surface area contributed by atoms with Gasteiger partial charge < -0.3 is 14.6 Å². The Kier molecular flexibility index (Phi) is 8.68. The predicted molar refractivity (Wildman–Crippen MR) is 144 cm³/mol. The number of aliphatic hydroxyl groups is 1. The molecule has 0 fully saturated rings. The molecule has 1 unspecified atom stereocenters. The van der Waals surface area contributed by atoms with Crippen LogP contribution in [0.3, 0.4) is 0 Å². The Balaban J connectivity index is 1.37. The number of pyridine rings is 1. The molecule has 38 heavy (non-hydrogen) atoms. The first-order valence-corrected chi connectivity index (χ1v) is 14.2. The van der Waals surface area contributed by atoms with Crippen LogP contribution < -0.4 is 4.72 Å². The zero-order valence-corrected chi connectivity index (χ0v) is 22.1. The van der Waals surface area contributed by atoms with Crippen molar-refractivity contribution in [2.45, 2.75) is 62.7 Å². The first-order chi connectivity index (χ1) is 18.3. The first kappa shape index (κ1) is 27.2. The van der Waals surface area contributed by atoms with Gasteiger partial charge in [-0.15, -0.1) is 0 Å². The average Bonchev–Trinajstić information content (AvgIpc) is 2.90. The minimum absolute atomic E-state index is 0.0634. The maximum absolute atomic E-state index is 12.9. The molecule has 200 valence electrons. The molecule has 4 rings (SSSR count). The maximum Gasteiger partial charge on any atom is 0.344 e. The van der Waals surface area contributed by atoms with Crippen molar-refractivity contribution >= 4 is 21.7 Å². The summed E-state index contributed by atoms with van der Waals surface area (Å²) in [7, 11) is -3.80. The molecular weight excluding hydrogens is 504 g/mol. The van der Waals surface area contributed by atoms with E-state index < -0.39 is 21.8 Å². The summed E-state index contributed by atoms with van der Waals surface area (Å²) in [5.74, 6) is -2.12. The molecule has 1 atom stereocenters. The Morgan fingerprint density at radius 1 is 0.895 bits per heavy atom. The second kappa shape index (κ2) is 12.1. The third-order valence-electron chi connectivity index (χ3n) is 6.32. The van der Waals surface area contributed by atoms with Crippen molar-refractivity contribution in [1.29, 1.82) is 0 Å². The van der Waals surface area contributed by atoms with Crippen LogP contribution in [-0.4, -0.2) is 30.3 Å². The topological polar surface area (TPSA) is 115 Å². The summed E-state index contributed by atoms with van der Waals surface area (Å²) >= 11 is 0. The molecular formula is C29H32N2O6S. The first-order valence-electron chi connectivity index (χ1n) is 12.7. The van der Waals surface area contributed by atoms with E-state index in [0.717, 1.165) is 17.5 Å². The van der Waals surface area contributed by atoms with Crippen LogP contribution >= 0.6 is 0 Å². The van der Waals surface area contributed by atoms with Crippen LogP contribution in [0, 0.1) is 0 Å². The van der Waals surface area contributed by atoms with Crippen LogP contribution in [0.2, 0.25) is 0 Å². The van der Waals surface area contributed by atoms with E-state index in [1.807, 2.05) is 43.3 Å². The smallest absolute Gasteiger partial charge is 0.344 e. The van der Waals surface area contributed by atoms with Gasteiger partial charge in [0.15, 0.2) is 5.03 Å². The highest BCUT2D eigenvalue weighted by Gasteiger charge is 2.42. The molecule has 1 aromatic heterocycles. The van der Waals surface area contributed by atoms with Crippen molar-refractivity contribution in [3.8, 4) is 0 Å². The minimum atomic E-state index is -3.80. The van der Waals surface area contributed by atoms with E-state index in [1.165, 1.54) is 12.3 Å². The Bertz CT molecular complexity index is 1380. The third kappa shape index (κ3) is 6.92. The number of aromatic nitrogens is 1. The number of hydrogen-bond donors (Lipinski definition) is 2. The molecule has 0 saturated heterocycles. The fraction of sp³-hybridized carbons (Fsp3) is 0.310. The van der Waals surface area contributed by atoms with Gasteiger partial charge in [0, 0.05) is 24.7 Å². The number of esters is 1. The van der Waals surface area contributed by atoms with Gasteiger partial charge in [-0.25, -0.2) is 9.78 Å². The highest BCUT2D eigenvalue weighted by atomic mass is 32.2. The van der Waals surface area contributed by atoms with E-state index in [4.69, 9.17) is 9.47 Å². The van der Waals surface area contributed by atoms with Crippen LogP contribution in [0.4, 0.5) is 5.69 Å². The molecule has 1 aliphatic rings. The number of carbonyl (C=O) groups excluding carboxylic acids is 1. The lowest BCUT2D eigenvalue weighted by Crippen LogP contribution is -2.43. The monoisotopic (exact) mass is 536 g/mol. The van der Waals surface area contributed by atoms with Crippen molar-refractivity contribution in [1.82, 2.24) is 4.98 Å². The minimum Gasteiger partial charge on any atom is -0.481 e. The number of sulfonamides is 1. The zero-order chi connectivity index (χ0) is 27.0. The highest BCUT2D eigenvalue weighted by Crippen LogP contribution is 2.35. The Labute approximate surface area is 223 Å². The van der Waals surface area contributed by atoms with Gasteiger partial charge in [0.25, 0.3) is 21.8 Å². The van der Waals surface area contributed by atoms with Crippen molar-refractivity contribution in [3.63, 3.8) is 0 Å². The SMILES string of the molecule is CCCC1(CCc2ccccc2)OC(=O)C(CCCc2cccc(NS(=O)(=O)c3ccccn3)c2)=C(O)O1. The third-order valence-corrected chi connectivity index (χ3v) is 7.62. The normalized spacial score (nSPS) is 17.6. The van der Waals surface area contributed by atoms with Gasteiger partial charge in [0.05, 0.1) is 0 Å². The largest absolute Gasteiger partial charge is 0.481 e. The lowest BCUT2D eigenvalue weighted by Gasteiger charge is -2.37. The molecule has 2 N–H and O–H groups in total. The predicted octanol–water partition coefficient (Wildman–Crippen LogP) is 5.68. The summed E-state index contributed by atoms with van der Waals surface area (Å²) in [4.78, 5) is 16.8. The van der Waals surface area contributed by atoms with Crippen molar-refractivity contribution in [2.24, 2.45) is 0 Å². The van der Waals surface area contributed by atoms with E-state index in [1.54, 1.807) is 30.3 Å². The van der Waals surface area contributed by atoms with E-state index in [2.05, 4.69) is 9.71 Å². The lowest BCUT2D eigenvalue weighted by atomic mass is 9.98. The van der Waals surface area contributed by atoms with Gasteiger partial charge in [-0.05, 0) is 67.5 Å². The second-order valence-electron chi connectivity index (χ2n) is 9.25. The molecule has 3 aromatic rings. The van der Waals surface area contributed by atoms with Gasteiger partial charge in [-0.1, -0.05) is 55.5 Å². The average molecular weight is 537 g/mol. The number of cyclic esters (lactones) is 1. The molecule has 2 heterocycles. The van der Waals surface area contributed by atoms with Gasteiger partial charge in [-0.2, -0.15) is 8.42 Å². The fourth-order valence-electron chi connectivity index (χ4n) is 4.45. The molecule has 0 saturated carbocycles. The molecule has 0 bridgehead atoms. The summed E-state index contributed by atoms with van der Waals surface area (Å²) in [6, 6.07) is 21.6. The number of anilines is 1. The summed E-state index contributed by atoms with van der Waals surface area (Å²) in [6.07, 6.45) is 5.05. The van der Waals surface area contributed by atoms with Crippen LogP contribution in [0.1, 0.15) is 50.2 Å². The summed E-state index contributed by atoms with van der Waals surface area (Å²) in [6.45, 7) is 1.97. The quantitative estimate of drug-likeness (QED) is 0.286. The van der Waals surface area contributed by atoms with Crippen LogP contribution in [-0.2, 0) is 37.1 Å². The number of rotatable bonds is 12. The van der Waals surface area contributed by atoms with Gasteiger partial charge in [-0.3, -0.25) is 4.72 Å². The molecule has 0 radical (unpaired) electrons. The number of ether oxygens (including phenoxy) is 2. The molecule has 2 aromatic carbocycles. The number of nitrogens with one attached hydrogen (secondary N) is 1. The molecule has 0 spiro atoms.